The van der Waals surface area contributed by atoms with E-state index in [1.807, 2.05) is 50.2 Å². The lowest BCUT2D eigenvalue weighted by Gasteiger charge is -2.18. The van der Waals surface area contributed by atoms with E-state index in [4.69, 9.17) is 4.74 Å². The summed E-state index contributed by atoms with van der Waals surface area (Å²) >= 11 is 0. The fourth-order valence-corrected chi connectivity index (χ4v) is 2.52. The van der Waals surface area contributed by atoms with E-state index < -0.39 is 6.10 Å². The van der Waals surface area contributed by atoms with Crippen LogP contribution in [0.3, 0.4) is 0 Å². The van der Waals surface area contributed by atoms with Crippen LogP contribution in [-0.4, -0.2) is 30.7 Å². The number of benzene rings is 2. The minimum Gasteiger partial charge on any atom is -0.495 e. The lowest BCUT2D eigenvalue weighted by atomic mass is 10.1. The quantitative estimate of drug-likeness (QED) is 0.690. The summed E-state index contributed by atoms with van der Waals surface area (Å²) in [5.74, 6) is 0.528. The molecule has 2 unspecified atom stereocenters. The third-order valence-corrected chi connectivity index (χ3v) is 3.99. The molecule has 0 spiro atoms. The van der Waals surface area contributed by atoms with Crippen LogP contribution in [0.15, 0.2) is 48.5 Å². The normalized spacial score (nSPS) is 13.1. The van der Waals surface area contributed by atoms with Gasteiger partial charge in [0.05, 0.1) is 18.9 Å². The van der Waals surface area contributed by atoms with Crippen molar-refractivity contribution in [1.82, 2.24) is 5.32 Å². The third kappa shape index (κ3) is 5.89. The number of ether oxygens (including phenoxy) is 1. The van der Waals surface area contributed by atoms with Gasteiger partial charge in [0.2, 0.25) is 5.91 Å². The zero-order chi connectivity index (χ0) is 18.2. The predicted octanol–water partition coefficient (Wildman–Crippen LogP) is 3.04. The molecule has 0 aliphatic heterocycles. The minimum absolute atomic E-state index is 0.0604. The van der Waals surface area contributed by atoms with Gasteiger partial charge < -0.3 is 20.5 Å². The summed E-state index contributed by atoms with van der Waals surface area (Å²) < 4.78 is 5.22. The van der Waals surface area contributed by atoms with E-state index in [-0.39, 0.29) is 11.9 Å². The number of nitrogens with one attached hydrogen (secondary N) is 2. The summed E-state index contributed by atoms with van der Waals surface area (Å²) in [5.41, 5.74) is 2.68. The number of para-hydroxylation sites is 2. The first kappa shape index (κ1) is 19.0. The number of hydrogen-bond acceptors (Lipinski definition) is 4. The molecule has 0 saturated carbocycles. The van der Waals surface area contributed by atoms with Gasteiger partial charge in [-0.25, -0.2) is 0 Å². The van der Waals surface area contributed by atoms with Crippen molar-refractivity contribution in [3.05, 3.63) is 59.7 Å². The van der Waals surface area contributed by atoms with Crippen LogP contribution in [0.5, 0.6) is 5.75 Å². The molecule has 1 amide bonds. The fourth-order valence-electron chi connectivity index (χ4n) is 2.52. The van der Waals surface area contributed by atoms with Crippen molar-refractivity contribution in [3.8, 4) is 5.75 Å². The van der Waals surface area contributed by atoms with E-state index in [9.17, 15) is 9.90 Å². The number of rotatable bonds is 8. The van der Waals surface area contributed by atoms with Gasteiger partial charge in [0.15, 0.2) is 0 Å². The smallest absolute Gasteiger partial charge is 0.226 e. The number of anilines is 1. The van der Waals surface area contributed by atoms with Crippen LogP contribution in [0.2, 0.25) is 0 Å². The van der Waals surface area contributed by atoms with Crippen LogP contribution in [0.4, 0.5) is 5.69 Å². The van der Waals surface area contributed by atoms with Crippen molar-refractivity contribution in [2.75, 3.05) is 19.0 Å². The van der Waals surface area contributed by atoms with Crippen molar-refractivity contribution in [2.45, 2.75) is 32.4 Å². The molecular formula is C20H26N2O3. The zero-order valence-electron chi connectivity index (χ0n) is 15.0. The Kier molecular flexibility index (Phi) is 6.98. The number of amides is 1. The topological polar surface area (TPSA) is 70.6 Å². The van der Waals surface area contributed by atoms with Gasteiger partial charge in [-0.2, -0.15) is 0 Å². The lowest BCUT2D eigenvalue weighted by Crippen LogP contribution is -2.33. The van der Waals surface area contributed by atoms with Gasteiger partial charge in [-0.1, -0.05) is 42.0 Å². The van der Waals surface area contributed by atoms with Gasteiger partial charge in [0, 0.05) is 19.0 Å². The van der Waals surface area contributed by atoms with Crippen LogP contribution < -0.4 is 15.4 Å². The maximum absolute atomic E-state index is 12.2. The van der Waals surface area contributed by atoms with Gasteiger partial charge in [0.1, 0.15) is 5.75 Å². The number of carbonyl (C=O) groups excluding carboxylic acids is 1. The minimum atomic E-state index is -0.597. The molecule has 134 valence electrons. The van der Waals surface area contributed by atoms with E-state index >= 15 is 0 Å². The summed E-state index contributed by atoms with van der Waals surface area (Å²) in [6, 6.07) is 15.0. The Bertz CT molecular complexity index is 686. The summed E-state index contributed by atoms with van der Waals surface area (Å²) in [6.07, 6.45) is -0.293. The molecule has 25 heavy (non-hydrogen) atoms. The van der Waals surface area contributed by atoms with E-state index in [0.717, 1.165) is 11.1 Å². The van der Waals surface area contributed by atoms with E-state index in [1.165, 1.54) is 0 Å². The number of hydrogen-bond donors (Lipinski definition) is 3. The Hall–Kier alpha value is -2.37. The van der Waals surface area contributed by atoms with Crippen molar-refractivity contribution in [3.63, 3.8) is 0 Å². The van der Waals surface area contributed by atoms with Crippen molar-refractivity contribution in [1.29, 1.82) is 0 Å². The number of carbonyl (C=O) groups is 1. The van der Waals surface area contributed by atoms with Crippen molar-refractivity contribution < 1.29 is 14.6 Å². The number of aliphatic hydroxyl groups excluding tert-OH is 1. The summed E-state index contributed by atoms with van der Waals surface area (Å²) in [4.78, 5) is 12.2. The monoisotopic (exact) mass is 342 g/mol. The largest absolute Gasteiger partial charge is 0.495 e. The Balaban J connectivity index is 1.80. The maximum Gasteiger partial charge on any atom is 0.226 e. The molecule has 0 radical (unpaired) electrons. The lowest BCUT2D eigenvalue weighted by molar-refractivity contribution is -0.116. The van der Waals surface area contributed by atoms with Crippen molar-refractivity contribution >= 4 is 11.6 Å². The zero-order valence-corrected chi connectivity index (χ0v) is 15.0. The first-order valence-electron chi connectivity index (χ1n) is 8.40. The van der Waals surface area contributed by atoms with Crippen LogP contribution in [0.1, 0.15) is 30.6 Å². The predicted molar refractivity (Wildman–Crippen MR) is 99.8 cm³/mol. The van der Waals surface area contributed by atoms with Gasteiger partial charge in [-0.3, -0.25) is 4.79 Å². The van der Waals surface area contributed by atoms with E-state index in [1.54, 1.807) is 19.2 Å². The van der Waals surface area contributed by atoms with Crippen LogP contribution >= 0.6 is 0 Å². The molecule has 5 nitrogen and oxygen atoms in total. The molecule has 2 aromatic carbocycles. The second-order valence-electron chi connectivity index (χ2n) is 6.19. The molecule has 0 heterocycles. The van der Waals surface area contributed by atoms with Gasteiger partial charge >= 0.3 is 0 Å². The maximum atomic E-state index is 12.2. The Morgan fingerprint density at radius 3 is 2.52 bits per heavy atom. The molecule has 0 aliphatic carbocycles. The third-order valence-electron chi connectivity index (χ3n) is 3.99. The van der Waals surface area contributed by atoms with Gasteiger partial charge in [-0.15, -0.1) is 0 Å². The van der Waals surface area contributed by atoms with Crippen molar-refractivity contribution in [2.24, 2.45) is 0 Å². The molecule has 2 aromatic rings. The fraction of sp³-hybridized carbons (Fsp3) is 0.350. The highest BCUT2D eigenvalue weighted by Crippen LogP contribution is 2.23. The summed E-state index contributed by atoms with van der Waals surface area (Å²) in [6.45, 7) is 4.33. The van der Waals surface area contributed by atoms with Gasteiger partial charge in [-0.05, 0) is 31.5 Å². The molecule has 0 aliphatic rings. The second-order valence-corrected chi connectivity index (χ2v) is 6.19. The van der Waals surface area contributed by atoms with Crippen LogP contribution in [0.25, 0.3) is 0 Å². The summed E-state index contributed by atoms with van der Waals surface area (Å²) in [7, 11) is 1.57. The molecule has 5 heteroatoms. The Morgan fingerprint density at radius 2 is 1.84 bits per heavy atom. The van der Waals surface area contributed by atoms with E-state index in [2.05, 4.69) is 10.6 Å². The van der Waals surface area contributed by atoms with Crippen LogP contribution in [0, 0.1) is 6.92 Å². The first-order chi connectivity index (χ1) is 12.0. The average Bonchev–Trinajstić information content (AvgIpc) is 2.60. The Morgan fingerprint density at radius 1 is 1.16 bits per heavy atom. The highest BCUT2D eigenvalue weighted by molar-refractivity contribution is 5.92. The molecule has 0 bridgehead atoms. The summed E-state index contributed by atoms with van der Waals surface area (Å²) in [5, 5.41) is 16.3. The number of aliphatic hydroxyl groups is 1. The highest BCUT2D eigenvalue weighted by Gasteiger charge is 2.13. The van der Waals surface area contributed by atoms with Gasteiger partial charge in [0.25, 0.3) is 0 Å². The molecule has 2 rings (SSSR count). The van der Waals surface area contributed by atoms with Crippen LogP contribution in [-0.2, 0) is 4.79 Å². The highest BCUT2D eigenvalue weighted by atomic mass is 16.5. The molecule has 0 aromatic heterocycles. The second kappa shape index (κ2) is 9.20. The molecule has 0 fully saturated rings. The average molecular weight is 342 g/mol. The molecular weight excluding hydrogens is 316 g/mol. The number of methoxy groups -OCH3 is 1. The molecule has 0 saturated heterocycles. The SMILES string of the molecule is COc1ccccc1NC(=O)CC(C)NCC(O)c1ccc(C)cc1. The first-order valence-corrected chi connectivity index (χ1v) is 8.40. The molecule has 2 atom stereocenters. The Labute approximate surface area is 149 Å². The standard InChI is InChI=1S/C20H26N2O3/c1-14-8-10-16(11-9-14)18(23)13-21-15(2)12-20(24)22-17-6-4-5-7-19(17)25-3/h4-11,15,18,21,23H,12-13H2,1-3H3,(H,22,24). The molecule has 3 N–H and O–H groups in total. The number of aryl methyl sites for hydroxylation is 1. The van der Waals surface area contributed by atoms with E-state index in [0.29, 0.717) is 24.4 Å².